The van der Waals surface area contributed by atoms with Gasteiger partial charge in [-0.2, -0.15) is 5.26 Å². The van der Waals surface area contributed by atoms with Crippen LogP contribution < -0.4 is 0 Å². The average molecular weight is 353 g/mol. The Kier molecular flexibility index (Phi) is 6.05. The van der Waals surface area contributed by atoms with Crippen molar-refractivity contribution in [1.82, 2.24) is 9.88 Å². The number of nitriles is 1. The van der Waals surface area contributed by atoms with E-state index in [1.165, 1.54) is 24.0 Å². The summed E-state index contributed by atoms with van der Waals surface area (Å²) in [5.41, 5.74) is 3.06. The molecule has 2 aromatic rings. The fraction of sp³-hybridized carbons (Fsp3) is 0.400. The standard InChI is InChI=1S/C19H21N3O.CH2O2/c20-9-17-8-14(10-21-17)11-22-12-18(15-4-2-1-3-5-15)23-19(13-22)16-6-7-16;2-1-3/h1-5,8,10,16,18-19,21H,6-7,11-13H2;1H,(H,2,3)/t18-,19+;/m0./s1. The predicted octanol–water partition coefficient (Wildman–Crippen LogP) is 2.94. The van der Waals surface area contributed by atoms with Gasteiger partial charge in [0.1, 0.15) is 11.8 Å². The first-order chi connectivity index (χ1) is 12.7. The molecule has 2 heterocycles. The Morgan fingerprint density at radius 1 is 1.31 bits per heavy atom. The van der Waals surface area contributed by atoms with Gasteiger partial charge < -0.3 is 14.8 Å². The number of rotatable bonds is 4. The topological polar surface area (TPSA) is 89.4 Å². The maximum Gasteiger partial charge on any atom is 0.290 e. The van der Waals surface area contributed by atoms with Crippen LogP contribution in [0.15, 0.2) is 42.6 Å². The van der Waals surface area contributed by atoms with Crippen LogP contribution in [0.2, 0.25) is 0 Å². The van der Waals surface area contributed by atoms with Crippen LogP contribution in [-0.4, -0.2) is 40.7 Å². The predicted molar refractivity (Wildman–Crippen MR) is 96.3 cm³/mol. The molecule has 6 nitrogen and oxygen atoms in total. The Morgan fingerprint density at radius 2 is 2.04 bits per heavy atom. The molecule has 1 aromatic heterocycles. The van der Waals surface area contributed by atoms with E-state index in [2.05, 4.69) is 40.2 Å². The molecule has 26 heavy (non-hydrogen) atoms. The van der Waals surface area contributed by atoms with Gasteiger partial charge in [0.25, 0.3) is 6.47 Å². The molecule has 1 aliphatic carbocycles. The van der Waals surface area contributed by atoms with Crippen molar-refractivity contribution in [3.8, 4) is 6.07 Å². The summed E-state index contributed by atoms with van der Waals surface area (Å²) in [6.45, 7) is 2.51. The molecular formula is C20H23N3O3. The third-order valence-corrected chi connectivity index (χ3v) is 4.79. The summed E-state index contributed by atoms with van der Waals surface area (Å²) in [6.07, 6.45) is 5.01. The molecule has 6 heteroatoms. The first-order valence-electron chi connectivity index (χ1n) is 8.81. The van der Waals surface area contributed by atoms with Crippen LogP contribution in [0.5, 0.6) is 0 Å². The number of aromatic nitrogens is 1. The number of benzene rings is 1. The minimum atomic E-state index is -0.250. The van der Waals surface area contributed by atoms with Gasteiger partial charge in [0.05, 0.1) is 12.2 Å². The number of aromatic amines is 1. The molecule has 0 unspecified atom stereocenters. The maximum atomic E-state index is 8.96. The van der Waals surface area contributed by atoms with Gasteiger partial charge in [-0.25, -0.2) is 0 Å². The van der Waals surface area contributed by atoms with E-state index in [1.807, 2.05) is 18.3 Å². The molecule has 1 saturated heterocycles. The molecule has 0 spiro atoms. The van der Waals surface area contributed by atoms with Crippen molar-refractivity contribution in [1.29, 1.82) is 5.26 Å². The summed E-state index contributed by atoms with van der Waals surface area (Å²) in [6, 6.07) is 14.6. The number of H-pyrrole nitrogens is 1. The van der Waals surface area contributed by atoms with E-state index >= 15 is 0 Å². The number of hydrogen-bond donors (Lipinski definition) is 2. The average Bonchev–Trinajstić information content (AvgIpc) is 3.43. The Balaban J connectivity index is 0.000000613. The molecule has 1 saturated carbocycles. The van der Waals surface area contributed by atoms with Crippen LogP contribution in [0.25, 0.3) is 0 Å². The minimum Gasteiger partial charge on any atom is -0.483 e. The smallest absolute Gasteiger partial charge is 0.290 e. The number of hydrogen-bond acceptors (Lipinski definition) is 4. The summed E-state index contributed by atoms with van der Waals surface area (Å²) < 4.78 is 6.39. The Hall–Kier alpha value is -2.62. The van der Waals surface area contributed by atoms with Crippen LogP contribution in [0, 0.1) is 17.2 Å². The number of morpholine rings is 1. The first kappa shape index (κ1) is 18.2. The second-order valence-corrected chi connectivity index (χ2v) is 6.74. The zero-order chi connectivity index (χ0) is 18.4. The molecule has 1 aliphatic heterocycles. The first-order valence-corrected chi connectivity index (χ1v) is 8.81. The van der Waals surface area contributed by atoms with E-state index in [4.69, 9.17) is 19.9 Å². The molecule has 136 valence electrons. The van der Waals surface area contributed by atoms with Gasteiger partial charge in [-0.1, -0.05) is 30.3 Å². The molecule has 1 aromatic carbocycles. The third kappa shape index (κ3) is 4.72. The molecule has 0 amide bonds. The van der Waals surface area contributed by atoms with Gasteiger partial charge in [-0.15, -0.1) is 0 Å². The number of nitrogens with one attached hydrogen (secondary N) is 1. The zero-order valence-corrected chi connectivity index (χ0v) is 14.5. The second kappa shape index (κ2) is 8.65. The number of carboxylic acid groups (broad SMARTS) is 1. The molecule has 2 fully saturated rings. The van der Waals surface area contributed by atoms with E-state index in [0.29, 0.717) is 11.8 Å². The normalized spacial score (nSPS) is 22.7. The lowest BCUT2D eigenvalue weighted by atomic mass is 10.0. The van der Waals surface area contributed by atoms with Crippen molar-refractivity contribution in [2.75, 3.05) is 13.1 Å². The third-order valence-electron chi connectivity index (χ3n) is 4.79. The highest BCUT2D eigenvalue weighted by atomic mass is 16.5. The van der Waals surface area contributed by atoms with E-state index in [9.17, 15) is 0 Å². The Bertz CT molecular complexity index is 749. The lowest BCUT2D eigenvalue weighted by molar-refractivity contribution is -0.122. The maximum absolute atomic E-state index is 8.96. The van der Waals surface area contributed by atoms with Crippen LogP contribution in [-0.2, 0) is 16.1 Å². The lowest BCUT2D eigenvalue weighted by Gasteiger charge is -2.38. The molecule has 2 N–H and O–H groups in total. The molecule has 2 aliphatic rings. The molecular weight excluding hydrogens is 330 g/mol. The van der Waals surface area contributed by atoms with E-state index in [1.54, 1.807) is 0 Å². The fourth-order valence-corrected chi connectivity index (χ4v) is 3.42. The highest BCUT2D eigenvalue weighted by Gasteiger charge is 2.38. The minimum absolute atomic E-state index is 0.143. The van der Waals surface area contributed by atoms with Crippen LogP contribution >= 0.6 is 0 Å². The van der Waals surface area contributed by atoms with Crippen molar-refractivity contribution in [3.63, 3.8) is 0 Å². The summed E-state index contributed by atoms with van der Waals surface area (Å²) in [5.74, 6) is 0.727. The monoisotopic (exact) mass is 353 g/mol. The van der Waals surface area contributed by atoms with Gasteiger partial charge in [0, 0.05) is 25.8 Å². The van der Waals surface area contributed by atoms with Crippen LogP contribution in [0.3, 0.4) is 0 Å². The fourth-order valence-electron chi connectivity index (χ4n) is 3.42. The SMILES string of the molecule is N#Cc1cc(CN2C[C@@H](c3ccccc3)O[C@@H](C3CC3)C2)c[nH]1.O=CO. The molecule has 0 bridgehead atoms. The van der Waals surface area contributed by atoms with Crippen molar-refractivity contribution >= 4 is 6.47 Å². The largest absolute Gasteiger partial charge is 0.483 e. The summed E-state index contributed by atoms with van der Waals surface area (Å²) in [4.78, 5) is 13.8. The quantitative estimate of drug-likeness (QED) is 0.825. The summed E-state index contributed by atoms with van der Waals surface area (Å²) in [7, 11) is 0. The summed E-state index contributed by atoms with van der Waals surface area (Å²) in [5, 5.41) is 15.8. The van der Waals surface area contributed by atoms with Gasteiger partial charge in [-0.05, 0) is 36.0 Å². The van der Waals surface area contributed by atoms with E-state index < -0.39 is 0 Å². The van der Waals surface area contributed by atoms with E-state index in [0.717, 1.165) is 25.6 Å². The van der Waals surface area contributed by atoms with E-state index in [-0.39, 0.29) is 12.6 Å². The highest BCUT2D eigenvalue weighted by molar-refractivity contribution is 5.32. The van der Waals surface area contributed by atoms with Gasteiger partial charge >= 0.3 is 0 Å². The number of nitrogens with zero attached hydrogens (tertiary/aromatic N) is 2. The van der Waals surface area contributed by atoms with Gasteiger partial charge in [0.2, 0.25) is 0 Å². The van der Waals surface area contributed by atoms with Crippen molar-refractivity contribution in [2.24, 2.45) is 5.92 Å². The van der Waals surface area contributed by atoms with Crippen molar-refractivity contribution < 1.29 is 14.6 Å². The van der Waals surface area contributed by atoms with Gasteiger partial charge in [-0.3, -0.25) is 9.69 Å². The van der Waals surface area contributed by atoms with Crippen LogP contribution in [0.1, 0.15) is 35.8 Å². The Labute approximate surface area is 153 Å². The van der Waals surface area contributed by atoms with Gasteiger partial charge in [0.15, 0.2) is 0 Å². The number of ether oxygens (including phenoxy) is 1. The van der Waals surface area contributed by atoms with Crippen LogP contribution in [0.4, 0.5) is 0 Å². The second-order valence-electron chi connectivity index (χ2n) is 6.74. The Morgan fingerprint density at radius 3 is 2.65 bits per heavy atom. The summed E-state index contributed by atoms with van der Waals surface area (Å²) >= 11 is 0. The highest BCUT2D eigenvalue weighted by Crippen LogP contribution is 2.39. The van der Waals surface area contributed by atoms with Crippen molar-refractivity contribution in [3.05, 3.63) is 59.4 Å². The lowest BCUT2D eigenvalue weighted by Crippen LogP contribution is -2.44. The zero-order valence-electron chi connectivity index (χ0n) is 14.5. The molecule has 0 radical (unpaired) electrons. The molecule has 2 atom stereocenters. The number of carbonyl (C=O) groups is 1. The molecule has 4 rings (SSSR count). The van der Waals surface area contributed by atoms with Crippen molar-refractivity contribution in [2.45, 2.75) is 31.6 Å².